The summed E-state index contributed by atoms with van der Waals surface area (Å²) in [6.07, 6.45) is 5.20. The largest absolute Gasteiger partial charge is 0.280 e. The minimum atomic E-state index is 0.870. The maximum atomic E-state index is 5.20. The predicted octanol–water partition coefficient (Wildman–Crippen LogP) is 3.15. The van der Waals surface area contributed by atoms with E-state index in [-0.39, 0.29) is 0 Å². The Hall–Kier alpha value is -0.720. The molecule has 1 aromatic rings. The lowest BCUT2D eigenvalue weighted by atomic mass is 10.2. The van der Waals surface area contributed by atoms with Crippen LogP contribution in [0.2, 0.25) is 0 Å². The molecule has 1 aromatic carbocycles. The first-order valence-corrected chi connectivity index (χ1v) is 5.24. The topological polar surface area (TPSA) is 12.4 Å². The maximum absolute atomic E-state index is 5.20. The van der Waals surface area contributed by atoms with Gasteiger partial charge in [0.05, 0.1) is 0 Å². The third-order valence-electron chi connectivity index (χ3n) is 1.45. The molecule has 0 aliphatic heterocycles. The number of rotatable bonds is 1. The minimum Gasteiger partial charge on any atom is -0.280 e. The van der Waals surface area contributed by atoms with E-state index >= 15 is 0 Å². The Morgan fingerprint density at radius 3 is 2.54 bits per heavy atom. The molecule has 0 bridgehead atoms. The molecule has 1 rings (SSSR count). The van der Waals surface area contributed by atoms with E-state index in [0.29, 0.717) is 0 Å². The van der Waals surface area contributed by atoms with E-state index in [0.717, 1.165) is 15.1 Å². The highest BCUT2D eigenvalue weighted by Gasteiger charge is 2.00. The van der Waals surface area contributed by atoms with Gasteiger partial charge in [0, 0.05) is 17.1 Å². The van der Waals surface area contributed by atoms with E-state index in [1.54, 1.807) is 7.05 Å². The lowest BCUT2D eigenvalue weighted by molar-refractivity contribution is 1.45. The Balaban J connectivity index is 2.95. The SMILES string of the molecule is C#CSC(=NC)c1ccc(Br)cc1. The summed E-state index contributed by atoms with van der Waals surface area (Å²) in [5.41, 5.74) is 1.05. The minimum absolute atomic E-state index is 0.870. The van der Waals surface area contributed by atoms with Crippen LogP contribution in [0.25, 0.3) is 0 Å². The van der Waals surface area contributed by atoms with Crippen LogP contribution in [0, 0.1) is 11.7 Å². The molecule has 0 spiro atoms. The molecule has 66 valence electrons. The lowest BCUT2D eigenvalue weighted by Crippen LogP contribution is -1.92. The molecule has 0 unspecified atom stereocenters. The molecule has 0 aromatic heterocycles. The van der Waals surface area contributed by atoms with Crippen LogP contribution in [-0.2, 0) is 0 Å². The Kier molecular flexibility index (Phi) is 4.07. The van der Waals surface area contributed by atoms with Crippen LogP contribution in [0.1, 0.15) is 5.56 Å². The van der Waals surface area contributed by atoms with Crippen LogP contribution in [0.5, 0.6) is 0 Å². The molecule has 1 nitrogen and oxygen atoms in total. The van der Waals surface area contributed by atoms with Crippen LogP contribution in [0.15, 0.2) is 33.7 Å². The van der Waals surface area contributed by atoms with Crippen LogP contribution >= 0.6 is 27.7 Å². The molecule has 0 atom stereocenters. The van der Waals surface area contributed by atoms with Gasteiger partial charge in [0.25, 0.3) is 0 Å². The van der Waals surface area contributed by atoms with Gasteiger partial charge in [-0.25, -0.2) is 0 Å². The number of halogens is 1. The van der Waals surface area contributed by atoms with E-state index in [1.165, 1.54) is 11.8 Å². The molecule has 0 saturated heterocycles. The van der Waals surface area contributed by atoms with Crippen molar-refractivity contribution < 1.29 is 0 Å². The van der Waals surface area contributed by atoms with Crippen molar-refractivity contribution in [3.63, 3.8) is 0 Å². The summed E-state index contributed by atoms with van der Waals surface area (Å²) in [6.45, 7) is 0. The first kappa shape index (κ1) is 10.4. The van der Waals surface area contributed by atoms with Gasteiger partial charge in [-0.2, -0.15) is 0 Å². The average Bonchev–Trinajstić information content (AvgIpc) is 2.16. The van der Waals surface area contributed by atoms with Crippen molar-refractivity contribution in [2.45, 2.75) is 0 Å². The van der Waals surface area contributed by atoms with E-state index in [9.17, 15) is 0 Å². The van der Waals surface area contributed by atoms with Gasteiger partial charge in [0.2, 0.25) is 0 Å². The third-order valence-corrected chi connectivity index (χ3v) is 2.71. The third kappa shape index (κ3) is 2.91. The number of thioether (sulfide) groups is 1. The van der Waals surface area contributed by atoms with E-state index in [4.69, 9.17) is 6.42 Å². The van der Waals surface area contributed by atoms with Crippen molar-refractivity contribution >= 4 is 32.7 Å². The summed E-state index contributed by atoms with van der Waals surface area (Å²) in [4.78, 5) is 4.10. The summed E-state index contributed by atoms with van der Waals surface area (Å²) in [6, 6.07) is 7.91. The fraction of sp³-hybridized carbons (Fsp3) is 0.100. The van der Waals surface area contributed by atoms with Crippen LogP contribution in [-0.4, -0.2) is 12.1 Å². The molecular formula is C10H8BrNS. The molecule has 0 fully saturated rings. The Labute approximate surface area is 90.8 Å². The second kappa shape index (κ2) is 5.11. The zero-order valence-corrected chi connectivity index (χ0v) is 9.52. The maximum Gasteiger partial charge on any atom is 0.110 e. The van der Waals surface area contributed by atoms with Crippen molar-refractivity contribution in [2.75, 3.05) is 7.05 Å². The summed E-state index contributed by atoms with van der Waals surface area (Å²) in [5.74, 6) is 0. The number of benzene rings is 1. The zero-order chi connectivity index (χ0) is 9.68. The Morgan fingerprint density at radius 2 is 2.08 bits per heavy atom. The number of hydrogen-bond acceptors (Lipinski definition) is 2. The first-order valence-electron chi connectivity index (χ1n) is 3.63. The highest BCUT2D eigenvalue weighted by Crippen LogP contribution is 2.15. The van der Waals surface area contributed by atoms with E-state index < -0.39 is 0 Å². The van der Waals surface area contributed by atoms with Crippen LogP contribution in [0.4, 0.5) is 0 Å². The molecule has 0 N–H and O–H groups in total. The van der Waals surface area contributed by atoms with Crippen LogP contribution in [0.3, 0.4) is 0 Å². The molecule has 0 heterocycles. The van der Waals surface area contributed by atoms with Gasteiger partial charge >= 0.3 is 0 Å². The second-order valence-corrected chi connectivity index (χ2v) is 4.00. The first-order chi connectivity index (χ1) is 6.27. The second-order valence-electron chi connectivity index (χ2n) is 2.26. The summed E-state index contributed by atoms with van der Waals surface area (Å²) >= 11 is 4.67. The molecule has 13 heavy (non-hydrogen) atoms. The van der Waals surface area contributed by atoms with Gasteiger partial charge in [0.15, 0.2) is 0 Å². The lowest BCUT2D eigenvalue weighted by Gasteiger charge is -2.00. The van der Waals surface area contributed by atoms with Gasteiger partial charge in [-0.1, -0.05) is 28.1 Å². The Bertz CT molecular complexity index is 348. The molecule has 0 amide bonds. The quantitative estimate of drug-likeness (QED) is 0.426. The van der Waals surface area contributed by atoms with Gasteiger partial charge in [-0.3, -0.25) is 4.99 Å². The fourth-order valence-electron chi connectivity index (χ4n) is 0.882. The van der Waals surface area contributed by atoms with Crippen molar-refractivity contribution in [1.29, 1.82) is 0 Å². The fourth-order valence-corrected chi connectivity index (χ4v) is 1.60. The summed E-state index contributed by atoms with van der Waals surface area (Å²) in [7, 11) is 1.74. The van der Waals surface area contributed by atoms with Crippen molar-refractivity contribution in [1.82, 2.24) is 0 Å². The number of nitrogens with zero attached hydrogens (tertiary/aromatic N) is 1. The molecule has 3 heteroatoms. The van der Waals surface area contributed by atoms with Gasteiger partial charge in [-0.05, 0) is 29.1 Å². The number of hydrogen-bond donors (Lipinski definition) is 0. The van der Waals surface area contributed by atoms with Gasteiger partial charge < -0.3 is 0 Å². The van der Waals surface area contributed by atoms with E-state index in [1.807, 2.05) is 24.3 Å². The Morgan fingerprint density at radius 1 is 1.46 bits per heavy atom. The smallest absolute Gasteiger partial charge is 0.110 e. The monoisotopic (exact) mass is 253 g/mol. The van der Waals surface area contributed by atoms with Crippen molar-refractivity contribution in [3.8, 4) is 11.7 Å². The zero-order valence-electron chi connectivity index (χ0n) is 7.12. The van der Waals surface area contributed by atoms with Crippen molar-refractivity contribution in [2.24, 2.45) is 4.99 Å². The molecule has 0 aliphatic carbocycles. The average molecular weight is 254 g/mol. The number of aliphatic imine (C=N–C) groups is 1. The van der Waals surface area contributed by atoms with Gasteiger partial charge in [-0.15, -0.1) is 6.42 Å². The predicted molar refractivity (Wildman–Crippen MR) is 63.0 cm³/mol. The highest BCUT2D eigenvalue weighted by atomic mass is 79.9. The molecular weight excluding hydrogens is 246 g/mol. The normalized spacial score (nSPS) is 11.0. The number of terminal acetylenes is 1. The standard InChI is InChI=1S/C10H8BrNS/c1-3-13-10(12-2)8-4-6-9(11)7-5-8/h1,4-7H,2H3. The summed E-state index contributed by atoms with van der Waals surface area (Å²) in [5, 5.41) is 3.38. The molecule has 0 aliphatic rings. The molecule has 0 radical (unpaired) electrons. The molecule has 0 saturated carbocycles. The van der Waals surface area contributed by atoms with Gasteiger partial charge in [0.1, 0.15) is 5.04 Å². The van der Waals surface area contributed by atoms with E-state index in [2.05, 4.69) is 26.2 Å². The van der Waals surface area contributed by atoms with Crippen LogP contribution < -0.4 is 0 Å². The summed E-state index contributed by atoms with van der Waals surface area (Å²) < 4.78 is 1.05. The highest BCUT2D eigenvalue weighted by molar-refractivity contribution is 9.10. The van der Waals surface area contributed by atoms with Crippen molar-refractivity contribution in [3.05, 3.63) is 34.3 Å².